The van der Waals surface area contributed by atoms with Crippen LogP contribution in [0.3, 0.4) is 0 Å². The highest BCUT2D eigenvalue weighted by molar-refractivity contribution is 9.11. The number of halogens is 1. The second-order valence-electron chi connectivity index (χ2n) is 3.96. The lowest BCUT2D eigenvalue weighted by Crippen LogP contribution is -2.35. The van der Waals surface area contributed by atoms with E-state index < -0.39 is 11.8 Å². The first-order valence-electron chi connectivity index (χ1n) is 5.82. The van der Waals surface area contributed by atoms with Gasteiger partial charge in [-0.25, -0.2) is 4.68 Å². The van der Waals surface area contributed by atoms with Crippen molar-refractivity contribution in [1.29, 1.82) is 0 Å². The van der Waals surface area contributed by atoms with Crippen LogP contribution in [-0.4, -0.2) is 38.6 Å². The van der Waals surface area contributed by atoms with Crippen molar-refractivity contribution in [1.82, 2.24) is 25.5 Å². The van der Waals surface area contributed by atoms with E-state index in [0.29, 0.717) is 10.2 Å². The fourth-order valence-electron chi connectivity index (χ4n) is 1.42. The van der Waals surface area contributed by atoms with Crippen LogP contribution in [0.1, 0.15) is 0 Å². The molecule has 108 valence electrons. The predicted octanol–water partition coefficient (Wildman–Crippen LogP) is 0.626. The molecule has 0 atom stereocenters. The maximum atomic E-state index is 11.6. The smallest absolute Gasteiger partial charge is 0.313 e. The first-order chi connectivity index (χ1) is 10.1. The topological polar surface area (TPSA) is 102 Å². The van der Waals surface area contributed by atoms with E-state index in [9.17, 15) is 9.59 Å². The summed E-state index contributed by atoms with van der Waals surface area (Å²) in [7, 11) is 0. The number of nitrogens with one attached hydrogen (secondary N) is 2. The van der Waals surface area contributed by atoms with Crippen LogP contribution >= 0.6 is 15.9 Å². The number of rotatable bonds is 4. The molecule has 0 saturated carbocycles. The van der Waals surface area contributed by atoms with Gasteiger partial charge in [0.1, 0.15) is 6.33 Å². The molecule has 0 spiro atoms. The van der Waals surface area contributed by atoms with Gasteiger partial charge in [-0.2, -0.15) is 0 Å². The minimum atomic E-state index is -0.751. The van der Waals surface area contributed by atoms with Gasteiger partial charge in [-0.15, -0.1) is 5.10 Å². The third kappa shape index (κ3) is 4.21. The Balaban J connectivity index is 1.95. The van der Waals surface area contributed by atoms with Crippen LogP contribution in [0.15, 0.2) is 41.7 Å². The highest BCUT2D eigenvalue weighted by Crippen LogP contribution is 2.11. The molecule has 2 aromatic rings. The SMILES string of the molecule is C=C(Br)CNC(=O)C(=O)Nc1ccc(-n2cnnn2)cc1. The molecule has 1 aromatic carbocycles. The van der Waals surface area contributed by atoms with Crippen molar-refractivity contribution in [2.24, 2.45) is 0 Å². The van der Waals surface area contributed by atoms with Crippen LogP contribution in [0.5, 0.6) is 0 Å². The summed E-state index contributed by atoms with van der Waals surface area (Å²) in [5, 5.41) is 15.7. The van der Waals surface area contributed by atoms with Gasteiger partial charge in [0.25, 0.3) is 0 Å². The molecule has 0 fully saturated rings. The lowest BCUT2D eigenvalue weighted by atomic mass is 10.3. The Morgan fingerprint density at radius 1 is 1.24 bits per heavy atom. The summed E-state index contributed by atoms with van der Waals surface area (Å²) in [6.45, 7) is 3.74. The second kappa shape index (κ2) is 6.75. The normalized spacial score (nSPS) is 9.95. The molecular formula is C12H11BrN6O2. The summed E-state index contributed by atoms with van der Waals surface area (Å²) in [5.74, 6) is -1.49. The van der Waals surface area contributed by atoms with Gasteiger partial charge in [-0.1, -0.05) is 22.5 Å². The van der Waals surface area contributed by atoms with Gasteiger partial charge >= 0.3 is 11.8 Å². The van der Waals surface area contributed by atoms with Gasteiger partial charge < -0.3 is 10.6 Å². The highest BCUT2D eigenvalue weighted by atomic mass is 79.9. The Morgan fingerprint density at radius 2 is 1.95 bits per heavy atom. The van der Waals surface area contributed by atoms with Crippen molar-refractivity contribution in [2.75, 3.05) is 11.9 Å². The van der Waals surface area contributed by atoms with E-state index in [1.807, 2.05) is 0 Å². The molecule has 0 aliphatic carbocycles. The number of hydrogen-bond donors (Lipinski definition) is 2. The lowest BCUT2D eigenvalue weighted by molar-refractivity contribution is -0.136. The fraction of sp³-hybridized carbons (Fsp3) is 0.0833. The van der Waals surface area contributed by atoms with E-state index in [2.05, 4.69) is 48.7 Å². The Morgan fingerprint density at radius 3 is 2.52 bits per heavy atom. The van der Waals surface area contributed by atoms with Crippen LogP contribution in [-0.2, 0) is 9.59 Å². The fourth-order valence-corrected chi connectivity index (χ4v) is 1.56. The molecule has 9 heteroatoms. The quantitative estimate of drug-likeness (QED) is 0.787. The van der Waals surface area contributed by atoms with Crippen molar-refractivity contribution in [3.8, 4) is 5.69 Å². The van der Waals surface area contributed by atoms with Crippen molar-refractivity contribution in [2.45, 2.75) is 0 Å². The van der Waals surface area contributed by atoms with E-state index in [-0.39, 0.29) is 6.54 Å². The standard InChI is InChI=1S/C12H11BrN6O2/c1-8(13)6-14-11(20)12(21)16-9-2-4-10(5-3-9)19-7-15-17-18-19/h2-5,7H,1,6H2,(H,14,20)(H,16,21). The molecule has 1 aromatic heterocycles. The van der Waals surface area contributed by atoms with Gasteiger partial charge in [0.15, 0.2) is 0 Å². The number of carbonyl (C=O) groups excluding carboxylic acids is 2. The molecule has 2 amide bonds. The molecule has 0 aliphatic heterocycles. The monoisotopic (exact) mass is 350 g/mol. The number of aromatic nitrogens is 4. The first kappa shape index (κ1) is 14.9. The number of amides is 2. The second-order valence-corrected chi connectivity index (χ2v) is 5.08. The van der Waals surface area contributed by atoms with Gasteiger partial charge in [-0.3, -0.25) is 9.59 Å². The van der Waals surface area contributed by atoms with Crippen molar-refractivity contribution in [3.63, 3.8) is 0 Å². The minimum Gasteiger partial charge on any atom is -0.343 e. The maximum Gasteiger partial charge on any atom is 0.313 e. The van der Waals surface area contributed by atoms with E-state index in [4.69, 9.17) is 0 Å². The summed E-state index contributed by atoms with van der Waals surface area (Å²) in [4.78, 5) is 23.1. The lowest BCUT2D eigenvalue weighted by Gasteiger charge is -2.06. The Labute approximate surface area is 128 Å². The molecule has 21 heavy (non-hydrogen) atoms. The zero-order chi connectivity index (χ0) is 15.2. The molecule has 8 nitrogen and oxygen atoms in total. The van der Waals surface area contributed by atoms with Crippen LogP contribution < -0.4 is 10.6 Å². The average molecular weight is 351 g/mol. The van der Waals surface area contributed by atoms with E-state index in [1.54, 1.807) is 24.3 Å². The zero-order valence-electron chi connectivity index (χ0n) is 10.8. The Kier molecular flexibility index (Phi) is 4.77. The zero-order valence-corrected chi connectivity index (χ0v) is 12.4. The molecular weight excluding hydrogens is 340 g/mol. The van der Waals surface area contributed by atoms with Crippen molar-refractivity contribution in [3.05, 3.63) is 41.7 Å². The van der Waals surface area contributed by atoms with Crippen LogP contribution in [0, 0.1) is 0 Å². The van der Waals surface area contributed by atoms with E-state index in [0.717, 1.165) is 5.69 Å². The summed E-state index contributed by atoms with van der Waals surface area (Å²) in [5.41, 5.74) is 1.22. The number of carbonyl (C=O) groups is 2. The average Bonchev–Trinajstić information content (AvgIpc) is 2.99. The number of nitrogens with zero attached hydrogens (tertiary/aromatic N) is 4. The number of hydrogen-bond acceptors (Lipinski definition) is 5. The summed E-state index contributed by atoms with van der Waals surface area (Å²) in [6, 6.07) is 6.71. The third-order valence-electron chi connectivity index (χ3n) is 2.39. The highest BCUT2D eigenvalue weighted by Gasteiger charge is 2.13. The predicted molar refractivity (Wildman–Crippen MR) is 78.9 cm³/mol. The minimum absolute atomic E-state index is 0.185. The van der Waals surface area contributed by atoms with Crippen molar-refractivity contribution >= 4 is 33.4 Å². The van der Waals surface area contributed by atoms with E-state index >= 15 is 0 Å². The maximum absolute atomic E-state index is 11.6. The molecule has 1 heterocycles. The molecule has 2 rings (SSSR count). The molecule has 0 radical (unpaired) electrons. The number of benzene rings is 1. The van der Waals surface area contributed by atoms with Crippen LogP contribution in [0.4, 0.5) is 5.69 Å². The number of anilines is 1. The third-order valence-corrected chi connectivity index (χ3v) is 2.67. The molecule has 0 aliphatic rings. The van der Waals surface area contributed by atoms with Crippen LogP contribution in [0.2, 0.25) is 0 Å². The Bertz CT molecular complexity index is 653. The van der Waals surface area contributed by atoms with E-state index in [1.165, 1.54) is 11.0 Å². The summed E-state index contributed by atoms with van der Waals surface area (Å²) in [6.07, 6.45) is 1.45. The van der Waals surface area contributed by atoms with Crippen LogP contribution in [0.25, 0.3) is 5.69 Å². The molecule has 0 saturated heterocycles. The summed E-state index contributed by atoms with van der Waals surface area (Å²) >= 11 is 3.09. The van der Waals surface area contributed by atoms with Crippen molar-refractivity contribution < 1.29 is 9.59 Å². The molecule has 2 N–H and O–H groups in total. The Hall–Kier alpha value is -2.55. The molecule has 0 unspecified atom stereocenters. The van der Waals surface area contributed by atoms with Gasteiger partial charge in [0, 0.05) is 16.7 Å². The van der Waals surface area contributed by atoms with Gasteiger partial charge in [0.05, 0.1) is 5.69 Å². The van der Waals surface area contributed by atoms with Gasteiger partial charge in [0.2, 0.25) is 0 Å². The largest absolute Gasteiger partial charge is 0.343 e. The summed E-state index contributed by atoms with van der Waals surface area (Å²) < 4.78 is 2.05. The first-order valence-corrected chi connectivity index (χ1v) is 6.61. The molecule has 0 bridgehead atoms. The number of tetrazole rings is 1. The van der Waals surface area contributed by atoms with Gasteiger partial charge in [-0.05, 0) is 34.7 Å².